The fourth-order valence-corrected chi connectivity index (χ4v) is 5.77. The fraction of sp³-hybridized carbons (Fsp3) is 0.818. The quantitative estimate of drug-likeness (QED) is 0.570. The van der Waals surface area contributed by atoms with E-state index in [2.05, 4.69) is 20.8 Å². The van der Waals surface area contributed by atoms with Crippen LogP contribution in [0.15, 0.2) is 11.6 Å². The highest BCUT2D eigenvalue weighted by Crippen LogP contribution is 2.63. The molecule has 0 aromatic rings. The van der Waals surface area contributed by atoms with Gasteiger partial charge in [0.1, 0.15) is 30.0 Å². The predicted octanol–water partition coefficient (Wildman–Crippen LogP) is 3.02. The maximum Gasteiger partial charge on any atom is 0.333 e. The Balaban J connectivity index is 2.04. The van der Waals surface area contributed by atoms with Crippen molar-refractivity contribution in [3.05, 3.63) is 11.6 Å². The third kappa shape index (κ3) is 3.09. The van der Waals surface area contributed by atoms with E-state index in [0.29, 0.717) is 17.9 Å². The van der Waals surface area contributed by atoms with E-state index < -0.39 is 29.9 Å². The van der Waals surface area contributed by atoms with E-state index in [0.717, 1.165) is 12.8 Å². The van der Waals surface area contributed by atoms with Gasteiger partial charge in [0.25, 0.3) is 0 Å². The van der Waals surface area contributed by atoms with E-state index in [-0.39, 0.29) is 29.8 Å². The predicted molar refractivity (Wildman–Crippen MR) is 103 cm³/mol. The molecule has 2 bridgehead atoms. The number of fused-ring (bicyclic) bond motifs is 4. The Hall–Kier alpha value is -1.40. The van der Waals surface area contributed by atoms with Crippen molar-refractivity contribution in [1.82, 2.24) is 0 Å². The Morgan fingerprint density at radius 3 is 2.54 bits per heavy atom. The first-order chi connectivity index (χ1) is 13.1. The van der Waals surface area contributed by atoms with Crippen molar-refractivity contribution >= 4 is 11.9 Å². The summed E-state index contributed by atoms with van der Waals surface area (Å²) in [5.74, 6) is -0.190. The van der Waals surface area contributed by atoms with Crippen LogP contribution in [-0.4, -0.2) is 47.1 Å². The number of carbonyl (C=O) groups excluding carboxylic acids is 2. The molecule has 1 N–H and O–H groups in total. The van der Waals surface area contributed by atoms with Gasteiger partial charge in [0.05, 0.1) is 0 Å². The average Bonchev–Trinajstić information content (AvgIpc) is 3.16. The molecular weight excluding hydrogens is 360 g/mol. The molecule has 28 heavy (non-hydrogen) atoms. The number of hydrogen-bond donors (Lipinski definition) is 1. The summed E-state index contributed by atoms with van der Waals surface area (Å²) in [7, 11) is 0. The molecule has 1 aliphatic carbocycles. The minimum atomic E-state index is -0.710. The van der Waals surface area contributed by atoms with Crippen LogP contribution in [0.25, 0.3) is 0 Å². The van der Waals surface area contributed by atoms with Crippen LogP contribution in [0.1, 0.15) is 60.8 Å². The Morgan fingerprint density at radius 2 is 1.96 bits per heavy atom. The monoisotopic (exact) mass is 394 g/mol. The Kier molecular flexibility index (Phi) is 5.67. The van der Waals surface area contributed by atoms with Crippen molar-refractivity contribution in [3.63, 3.8) is 0 Å². The maximum absolute atomic E-state index is 12.7. The number of esters is 2. The van der Waals surface area contributed by atoms with Crippen LogP contribution in [0.2, 0.25) is 0 Å². The zero-order valence-electron chi connectivity index (χ0n) is 17.9. The number of carbonyl (C=O) groups is 2. The topological polar surface area (TPSA) is 82.1 Å². The largest absolute Gasteiger partial charge is 0.457 e. The number of aliphatic hydroxyl groups is 1. The molecule has 1 unspecified atom stereocenters. The number of rotatable bonds is 5. The summed E-state index contributed by atoms with van der Waals surface area (Å²) >= 11 is 0. The third-order valence-electron chi connectivity index (χ3n) is 7.54. The molecule has 6 nitrogen and oxygen atoms in total. The summed E-state index contributed by atoms with van der Waals surface area (Å²) in [5.41, 5.74) is -0.766. The lowest BCUT2D eigenvalue weighted by Gasteiger charge is -2.53. The lowest BCUT2D eigenvalue weighted by molar-refractivity contribution is -0.265. The van der Waals surface area contributed by atoms with Crippen LogP contribution in [0.4, 0.5) is 0 Å². The first kappa shape index (κ1) is 21.3. The van der Waals surface area contributed by atoms with Crippen LogP contribution in [0.5, 0.6) is 0 Å². The molecule has 3 aliphatic rings. The normalized spacial score (nSPS) is 42.4. The van der Waals surface area contributed by atoms with Gasteiger partial charge in [-0.15, -0.1) is 0 Å². The SMILES string of the molecule is CC=C(C)C(=O)O[C@H]1[C@@H]2[C@H](C)CC[C@H]2[C@]2(C)OC1(C(C)C)C[C@H]2OC(=O)CO. The van der Waals surface area contributed by atoms with Gasteiger partial charge < -0.3 is 19.3 Å². The highest BCUT2D eigenvalue weighted by Gasteiger charge is 2.72. The average molecular weight is 395 g/mol. The number of allylic oxidation sites excluding steroid dienone is 1. The van der Waals surface area contributed by atoms with Crippen molar-refractivity contribution in [2.24, 2.45) is 23.7 Å². The van der Waals surface area contributed by atoms with Crippen LogP contribution in [0.3, 0.4) is 0 Å². The molecule has 0 amide bonds. The van der Waals surface area contributed by atoms with Crippen LogP contribution >= 0.6 is 0 Å². The van der Waals surface area contributed by atoms with Crippen molar-refractivity contribution in [1.29, 1.82) is 0 Å². The molecule has 2 aliphatic heterocycles. The van der Waals surface area contributed by atoms with E-state index >= 15 is 0 Å². The first-order valence-electron chi connectivity index (χ1n) is 10.4. The second-order valence-electron chi connectivity index (χ2n) is 9.27. The lowest BCUT2D eigenvalue weighted by Crippen LogP contribution is -2.62. The van der Waals surface area contributed by atoms with E-state index in [1.165, 1.54) is 0 Å². The smallest absolute Gasteiger partial charge is 0.333 e. The first-order valence-corrected chi connectivity index (χ1v) is 10.4. The number of aliphatic hydroxyl groups excluding tert-OH is 1. The molecular formula is C22H34O6. The van der Waals surface area contributed by atoms with Crippen molar-refractivity contribution < 1.29 is 28.9 Å². The van der Waals surface area contributed by atoms with Gasteiger partial charge in [-0.1, -0.05) is 26.8 Å². The molecule has 3 fully saturated rings. The Bertz CT molecular complexity index is 670. The van der Waals surface area contributed by atoms with Gasteiger partial charge in [-0.05, 0) is 51.4 Å². The second kappa shape index (κ2) is 7.45. The molecule has 0 radical (unpaired) electrons. The summed E-state index contributed by atoms with van der Waals surface area (Å²) in [5, 5.41) is 9.19. The molecule has 0 spiro atoms. The van der Waals surface area contributed by atoms with Crippen molar-refractivity contribution in [2.45, 2.75) is 84.2 Å². The summed E-state index contributed by atoms with van der Waals surface area (Å²) in [6.45, 7) is 11.3. The van der Waals surface area contributed by atoms with E-state index in [4.69, 9.17) is 14.2 Å². The van der Waals surface area contributed by atoms with Crippen molar-refractivity contribution in [3.8, 4) is 0 Å². The summed E-state index contributed by atoms with van der Waals surface area (Å²) in [4.78, 5) is 24.6. The third-order valence-corrected chi connectivity index (χ3v) is 7.54. The molecule has 2 heterocycles. The van der Waals surface area contributed by atoms with E-state index in [1.54, 1.807) is 13.0 Å². The molecule has 7 atom stereocenters. The number of hydrogen-bond acceptors (Lipinski definition) is 6. The highest BCUT2D eigenvalue weighted by atomic mass is 16.6. The van der Waals surface area contributed by atoms with Crippen LogP contribution in [-0.2, 0) is 23.8 Å². The van der Waals surface area contributed by atoms with Crippen LogP contribution in [0, 0.1) is 23.7 Å². The van der Waals surface area contributed by atoms with Gasteiger partial charge in [0.2, 0.25) is 0 Å². The maximum atomic E-state index is 12.7. The lowest BCUT2D eigenvalue weighted by atomic mass is 9.69. The molecule has 0 aromatic heterocycles. The van der Waals surface area contributed by atoms with Crippen molar-refractivity contribution in [2.75, 3.05) is 6.61 Å². The zero-order chi connectivity index (χ0) is 20.9. The van der Waals surface area contributed by atoms with E-state index in [1.807, 2.05) is 13.8 Å². The molecule has 158 valence electrons. The molecule has 1 saturated carbocycles. The minimum Gasteiger partial charge on any atom is -0.457 e. The van der Waals surface area contributed by atoms with Gasteiger partial charge in [-0.25, -0.2) is 9.59 Å². The van der Waals surface area contributed by atoms with Gasteiger partial charge in [0, 0.05) is 17.9 Å². The fourth-order valence-electron chi connectivity index (χ4n) is 5.77. The van der Waals surface area contributed by atoms with E-state index in [9.17, 15) is 14.7 Å². The molecule has 0 aromatic carbocycles. The van der Waals surface area contributed by atoms with Gasteiger partial charge in [-0.2, -0.15) is 0 Å². The highest BCUT2D eigenvalue weighted by molar-refractivity contribution is 5.87. The summed E-state index contributed by atoms with van der Waals surface area (Å²) < 4.78 is 18.5. The standard InChI is InChI=1S/C22H34O6/c1-7-13(4)20(25)27-19-18-14(5)8-9-15(18)21(6)16(26-17(24)11-23)10-22(19,28-21)12(2)3/h7,12,14-16,18-19,23H,8-11H2,1-6H3/t14-,15-,16-,18-,19+,21+,22?/m1/s1. The minimum absolute atomic E-state index is 0.0714. The Labute approximate surface area is 167 Å². The Morgan fingerprint density at radius 1 is 1.29 bits per heavy atom. The van der Waals surface area contributed by atoms with Gasteiger partial charge in [0.15, 0.2) is 0 Å². The zero-order valence-corrected chi connectivity index (χ0v) is 17.9. The summed E-state index contributed by atoms with van der Waals surface area (Å²) in [6.07, 6.45) is 3.36. The summed E-state index contributed by atoms with van der Waals surface area (Å²) in [6, 6.07) is 0. The molecule has 2 saturated heterocycles. The van der Waals surface area contributed by atoms with Gasteiger partial charge in [-0.3, -0.25) is 0 Å². The molecule has 6 heteroatoms. The second-order valence-corrected chi connectivity index (χ2v) is 9.27. The number of ether oxygens (including phenoxy) is 3. The molecule has 3 rings (SSSR count). The van der Waals surface area contributed by atoms with Crippen LogP contribution < -0.4 is 0 Å². The van der Waals surface area contributed by atoms with Gasteiger partial charge >= 0.3 is 11.9 Å².